The van der Waals surface area contributed by atoms with Gasteiger partial charge in [-0.1, -0.05) is 30.3 Å². The number of non-ortho nitro benzene ring substituents is 1. The number of rotatable bonds is 9. The van der Waals surface area contributed by atoms with Crippen molar-refractivity contribution in [3.63, 3.8) is 0 Å². The fourth-order valence-electron chi connectivity index (χ4n) is 3.11. The van der Waals surface area contributed by atoms with Crippen molar-refractivity contribution in [1.29, 1.82) is 5.26 Å². The number of carbonyl (C=O) groups is 1. The number of methoxy groups -OCH3 is 2. The van der Waals surface area contributed by atoms with Crippen LogP contribution in [0.1, 0.15) is 11.1 Å². The van der Waals surface area contributed by atoms with Crippen molar-refractivity contribution in [1.82, 2.24) is 0 Å². The van der Waals surface area contributed by atoms with E-state index < -0.39 is 10.8 Å². The predicted octanol–water partition coefficient (Wildman–Crippen LogP) is 5.34. The molecule has 0 aliphatic heterocycles. The van der Waals surface area contributed by atoms with Crippen molar-refractivity contribution in [2.45, 2.75) is 6.61 Å². The van der Waals surface area contributed by atoms with Gasteiger partial charge < -0.3 is 19.5 Å². The Kier molecular flexibility index (Phi) is 8.63. The first-order valence-electron chi connectivity index (χ1n) is 10.2. The maximum Gasteiger partial charge on any atom is 0.271 e. The Morgan fingerprint density at radius 1 is 1.11 bits per heavy atom. The summed E-state index contributed by atoms with van der Waals surface area (Å²) in [6.07, 6.45) is 1.39. The first-order valence-corrected chi connectivity index (χ1v) is 11.2. The van der Waals surface area contributed by atoms with Gasteiger partial charge in [-0.25, -0.2) is 0 Å². The molecule has 0 saturated carbocycles. The van der Waals surface area contributed by atoms with Gasteiger partial charge in [-0.3, -0.25) is 14.9 Å². The summed E-state index contributed by atoms with van der Waals surface area (Å²) in [5, 5.41) is 23.2. The van der Waals surface area contributed by atoms with E-state index >= 15 is 0 Å². The molecule has 178 valence electrons. The third-order valence-electron chi connectivity index (χ3n) is 4.80. The fraction of sp³-hybridized carbons (Fsp3) is 0.120. The van der Waals surface area contributed by atoms with Crippen LogP contribution < -0.4 is 19.5 Å². The number of hydrogen-bond acceptors (Lipinski definition) is 7. The summed E-state index contributed by atoms with van der Waals surface area (Å²) in [6.45, 7) is 0.347. The predicted molar refractivity (Wildman–Crippen MR) is 138 cm³/mol. The van der Waals surface area contributed by atoms with Crippen LogP contribution in [0.4, 0.5) is 11.4 Å². The van der Waals surface area contributed by atoms with Crippen molar-refractivity contribution >= 4 is 45.9 Å². The van der Waals surface area contributed by atoms with Crippen LogP contribution in [0.25, 0.3) is 6.08 Å². The largest absolute Gasteiger partial charge is 0.495 e. The molecule has 35 heavy (non-hydrogen) atoms. The van der Waals surface area contributed by atoms with Crippen molar-refractivity contribution in [3.05, 3.63) is 91.0 Å². The molecule has 0 spiro atoms. The van der Waals surface area contributed by atoms with Crippen LogP contribution in [-0.2, 0) is 11.4 Å². The van der Waals surface area contributed by atoms with E-state index in [1.165, 1.54) is 32.4 Å². The zero-order valence-electron chi connectivity index (χ0n) is 18.8. The van der Waals surface area contributed by atoms with Crippen LogP contribution in [0.5, 0.6) is 17.2 Å². The number of nitro groups is 1. The lowest BCUT2D eigenvalue weighted by atomic mass is 10.1. The minimum atomic E-state index is -0.746. The van der Waals surface area contributed by atoms with Gasteiger partial charge >= 0.3 is 0 Å². The van der Waals surface area contributed by atoms with Gasteiger partial charge in [0.05, 0.1) is 28.4 Å². The van der Waals surface area contributed by atoms with Gasteiger partial charge in [-0.2, -0.15) is 5.26 Å². The summed E-state index contributed by atoms with van der Waals surface area (Å²) in [6, 6.07) is 18.7. The molecule has 0 aromatic heterocycles. The van der Waals surface area contributed by atoms with E-state index in [-0.39, 0.29) is 22.7 Å². The SMILES string of the molecule is COc1ccc([N+](=O)[O-])cc1NC(=O)/C(C#N)=C/c1cc(I)c(OCc2ccccc2)c(OC)c1. The molecule has 3 aromatic carbocycles. The summed E-state index contributed by atoms with van der Waals surface area (Å²) in [7, 11) is 2.87. The highest BCUT2D eigenvalue weighted by molar-refractivity contribution is 14.1. The van der Waals surface area contributed by atoms with Crippen molar-refractivity contribution in [2.24, 2.45) is 0 Å². The summed E-state index contributed by atoms with van der Waals surface area (Å²) in [5.41, 5.74) is 1.17. The van der Waals surface area contributed by atoms with Crippen LogP contribution in [-0.4, -0.2) is 25.1 Å². The van der Waals surface area contributed by atoms with Gasteiger partial charge in [-0.05, 0) is 58.0 Å². The van der Waals surface area contributed by atoms with Gasteiger partial charge in [0.15, 0.2) is 11.5 Å². The van der Waals surface area contributed by atoms with E-state index in [9.17, 15) is 20.2 Å². The highest BCUT2D eigenvalue weighted by Gasteiger charge is 2.17. The normalized spacial score (nSPS) is 10.7. The monoisotopic (exact) mass is 585 g/mol. The summed E-state index contributed by atoms with van der Waals surface area (Å²) >= 11 is 2.09. The molecule has 10 heteroatoms. The van der Waals surface area contributed by atoms with Crippen molar-refractivity contribution in [2.75, 3.05) is 19.5 Å². The Hall–Kier alpha value is -4.11. The van der Waals surface area contributed by atoms with E-state index in [4.69, 9.17) is 14.2 Å². The Balaban J connectivity index is 1.86. The number of ether oxygens (including phenoxy) is 3. The maximum absolute atomic E-state index is 12.8. The van der Waals surface area contributed by atoms with E-state index in [1.807, 2.05) is 36.4 Å². The second-order valence-corrected chi connectivity index (χ2v) is 8.24. The highest BCUT2D eigenvalue weighted by atomic mass is 127. The first-order chi connectivity index (χ1) is 16.9. The highest BCUT2D eigenvalue weighted by Crippen LogP contribution is 2.35. The standard InChI is InChI=1S/C25H20IN3O6/c1-33-22-9-8-19(29(31)32)13-21(22)28-25(30)18(14-27)10-17-11-20(26)24(23(12-17)34-2)35-15-16-6-4-3-5-7-16/h3-13H,15H2,1-2H3,(H,28,30)/b18-10+. The summed E-state index contributed by atoms with van der Waals surface area (Å²) < 4.78 is 17.3. The van der Waals surface area contributed by atoms with Gasteiger partial charge in [0.25, 0.3) is 11.6 Å². The average Bonchev–Trinajstić information content (AvgIpc) is 2.86. The summed E-state index contributed by atoms with van der Waals surface area (Å²) in [5.74, 6) is 0.456. The molecular formula is C25H20IN3O6. The Morgan fingerprint density at radius 2 is 1.83 bits per heavy atom. The van der Waals surface area contributed by atoms with E-state index in [1.54, 1.807) is 12.1 Å². The average molecular weight is 585 g/mol. The zero-order valence-corrected chi connectivity index (χ0v) is 20.9. The number of benzene rings is 3. The van der Waals surface area contributed by atoms with Crippen molar-refractivity contribution in [3.8, 4) is 23.3 Å². The molecule has 0 radical (unpaired) electrons. The van der Waals surface area contributed by atoms with Gasteiger partial charge in [0.1, 0.15) is 24.0 Å². The topological polar surface area (TPSA) is 124 Å². The number of carbonyl (C=O) groups excluding carboxylic acids is 1. The number of halogens is 1. The number of anilines is 1. The Morgan fingerprint density at radius 3 is 2.46 bits per heavy atom. The molecule has 0 saturated heterocycles. The number of nitro benzene ring substituents is 1. The molecule has 0 fully saturated rings. The lowest BCUT2D eigenvalue weighted by Crippen LogP contribution is -2.14. The van der Waals surface area contributed by atoms with Crippen LogP contribution in [0.3, 0.4) is 0 Å². The van der Waals surface area contributed by atoms with E-state index in [2.05, 4.69) is 27.9 Å². The van der Waals surface area contributed by atoms with Crippen molar-refractivity contribution < 1.29 is 23.9 Å². The zero-order chi connectivity index (χ0) is 25.4. The molecule has 1 amide bonds. The molecule has 0 aliphatic rings. The second kappa shape index (κ2) is 11.8. The maximum atomic E-state index is 12.8. The quantitative estimate of drug-likeness (QED) is 0.118. The number of nitrogens with one attached hydrogen (secondary N) is 1. The number of amides is 1. The first kappa shape index (κ1) is 25.5. The molecule has 9 nitrogen and oxygen atoms in total. The lowest BCUT2D eigenvalue weighted by Gasteiger charge is -2.14. The van der Waals surface area contributed by atoms with E-state index in [0.29, 0.717) is 23.7 Å². The molecule has 0 bridgehead atoms. The third-order valence-corrected chi connectivity index (χ3v) is 5.60. The van der Waals surface area contributed by atoms with Gasteiger partial charge in [0.2, 0.25) is 0 Å². The third kappa shape index (κ3) is 6.48. The molecule has 0 heterocycles. The van der Waals surface area contributed by atoms with Crippen LogP contribution in [0.15, 0.2) is 66.2 Å². The second-order valence-electron chi connectivity index (χ2n) is 7.07. The minimum Gasteiger partial charge on any atom is -0.495 e. The van der Waals surface area contributed by atoms with Gasteiger partial charge in [-0.15, -0.1) is 0 Å². The fourth-order valence-corrected chi connectivity index (χ4v) is 3.89. The number of nitrogens with zero attached hydrogens (tertiary/aromatic N) is 2. The smallest absolute Gasteiger partial charge is 0.271 e. The van der Waals surface area contributed by atoms with Gasteiger partial charge in [0, 0.05) is 12.1 Å². The molecule has 3 aromatic rings. The minimum absolute atomic E-state index is 0.0738. The van der Waals surface area contributed by atoms with Crippen LogP contribution >= 0.6 is 22.6 Å². The molecule has 3 rings (SSSR count). The Labute approximate surface area is 215 Å². The molecule has 1 N–H and O–H groups in total. The number of hydrogen-bond donors (Lipinski definition) is 1. The van der Waals surface area contributed by atoms with Crippen LogP contribution in [0.2, 0.25) is 0 Å². The molecule has 0 aliphatic carbocycles. The summed E-state index contributed by atoms with van der Waals surface area (Å²) in [4.78, 5) is 23.3. The van der Waals surface area contributed by atoms with Crippen LogP contribution in [0, 0.1) is 25.0 Å². The number of nitriles is 1. The van der Waals surface area contributed by atoms with E-state index in [0.717, 1.165) is 15.2 Å². The molecule has 0 unspecified atom stereocenters. The Bertz CT molecular complexity index is 1320. The lowest BCUT2D eigenvalue weighted by molar-refractivity contribution is -0.384. The molecule has 0 atom stereocenters. The molecular weight excluding hydrogens is 565 g/mol.